The zero-order valence-corrected chi connectivity index (χ0v) is 11.3. The van der Waals surface area contributed by atoms with E-state index in [-0.39, 0.29) is 0 Å². The predicted octanol–water partition coefficient (Wildman–Crippen LogP) is 2.64. The van der Waals surface area contributed by atoms with E-state index in [0.29, 0.717) is 6.04 Å². The van der Waals surface area contributed by atoms with Crippen LogP contribution in [0.25, 0.3) is 0 Å². The maximum atomic E-state index is 5.50. The van der Waals surface area contributed by atoms with Gasteiger partial charge in [0.25, 0.3) is 0 Å². The number of halogens is 1. The van der Waals surface area contributed by atoms with Gasteiger partial charge in [-0.3, -0.25) is 11.3 Å². The molecule has 0 saturated heterocycles. The SMILES string of the molecule is CCSCC(Cc1ccc(Br)s1)NN. The van der Waals surface area contributed by atoms with Gasteiger partial charge in [0, 0.05) is 16.7 Å². The van der Waals surface area contributed by atoms with E-state index in [0.717, 1.165) is 17.9 Å². The number of hydrazine groups is 1. The first kappa shape index (κ1) is 12.5. The van der Waals surface area contributed by atoms with Gasteiger partial charge >= 0.3 is 0 Å². The van der Waals surface area contributed by atoms with Crippen molar-refractivity contribution >= 4 is 39.0 Å². The van der Waals surface area contributed by atoms with E-state index in [1.165, 1.54) is 8.66 Å². The van der Waals surface area contributed by atoms with Crippen molar-refractivity contribution in [3.8, 4) is 0 Å². The van der Waals surface area contributed by atoms with Gasteiger partial charge in [0.2, 0.25) is 0 Å². The molecule has 0 amide bonds. The van der Waals surface area contributed by atoms with Crippen molar-refractivity contribution in [2.45, 2.75) is 19.4 Å². The number of thioether (sulfide) groups is 1. The topological polar surface area (TPSA) is 38.0 Å². The van der Waals surface area contributed by atoms with Crippen LogP contribution in [-0.4, -0.2) is 17.5 Å². The minimum Gasteiger partial charge on any atom is -0.271 e. The van der Waals surface area contributed by atoms with Gasteiger partial charge in [0.05, 0.1) is 3.79 Å². The zero-order valence-electron chi connectivity index (χ0n) is 8.13. The fourth-order valence-electron chi connectivity index (χ4n) is 1.13. The van der Waals surface area contributed by atoms with Crippen LogP contribution >= 0.6 is 39.0 Å². The summed E-state index contributed by atoms with van der Waals surface area (Å²) in [7, 11) is 0. The van der Waals surface area contributed by atoms with Gasteiger partial charge in [0.15, 0.2) is 0 Å². The summed E-state index contributed by atoms with van der Waals surface area (Å²) in [6.07, 6.45) is 1.01. The first-order valence-corrected chi connectivity index (χ1v) is 7.30. The molecule has 3 N–H and O–H groups in total. The quantitative estimate of drug-likeness (QED) is 0.626. The molecular formula is C9H15BrN2S2. The summed E-state index contributed by atoms with van der Waals surface area (Å²) in [5.41, 5.74) is 2.87. The zero-order chi connectivity index (χ0) is 10.4. The summed E-state index contributed by atoms with van der Waals surface area (Å²) in [6.45, 7) is 2.17. The highest BCUT2D eigenvalue weighted by Gasteiger charge is 2.08. The van der Waals surface area contributed by atoms with Crippen molar-refractivity contribution in [1.29, 1.82) is 0 Å². The number of hydrogen-bond donors (Lipinski definition) is 2. The average Bonchev–Trinajstić information content (AvgIpc) is 2.58. The van der Waals surface area contributed by atoms with E-state index in [4.69, 9.17) is 5.84 Å². The lowest BCUT2D eigenvalue weighted by molar-refractivity contribution is 0.579. The van der Waals surface area contributed by atoms with Crippen LogP contribution < -0.4 is 11.3 Å². The molecule has 1 heterocycles. The van der Waals surface area contributed by atoms with E-state index in [9.17, 15) is 0 Å². The molecule has 1 aromatic rings. The molecular weight excluding hydrogens is 280 g/mol. The second kappa shape index (κ2) is 6.85. The van der Waals surface area contributed by atoms with Crippen molar-refractivity contribution in [3.05, 3.63) is 20.8 Å². The first-order chi connectivity index (χ1) is 6.76. The largest absolute Gasteiger partial charge is 0.271 e. The molecule has 0 aliphatic rings. The molecule has 80 valence electrons. The fourth-order valence-corrected chi connectivity index (χ4v) is 3.43. The van der Waals surface area contributed by atoms with Crippen LogP contribution in [0.2, 0.25) is 0 Å². The van der Waals surface area contributed by atoms with E-state index in [1.54, 1.807) is 11.3 Å². The number of nitrogens with two attached hydrogens (primary N) is 1. The van der Waals surface area contributed by atoms with Gasteiger partial charge in [-0.2, -0.15) is 11.8 Å². The van der Waals surface area contributed by atoms with Crippen molar-refractivity contribution < 1.29 is 0 Å². The standard InChI is InChI=1S/C9H15BrN2S2/c1-2-13-6-7(12-11)5-8-3-4-9(10)14-8/h3-4,7,12H,2,5-6,11H2,1H3. The molecule has 2 nitrogen and oxygen atoms in total. The van der Waals surface area contributed by atoms with Gasteiger partial charge in [-0.1, -0.05) is 6.92 Å². The van der Waals surface area contributed by atoms with Gasteiger partial charge in [-0.05, 0) is 40.2 Å². The first-order valence-electron chi connectivity index (χ1n) is 4.54. The predicted molar refractivity (Wildman–Crippen MR) is 69.8 cm³/mol. The maximum Gasteiger partial charge on any atom is 0.0701 e. The Labute approximate surface area is 102 Å². The third-order valence-corrected chi connectivity index (χ3v) is 4.53. The van der Waals surface area contributed by atoms with Gasteiger partial charge < -0.3 is 0 Å². The van der Waals surface area contributed by atoms with Crippen molar-refractivity contribution in [1.82, 2.24) is 5.43 Å². The number of hydrogen-bond acceptors (Lipinski definition) is 4. The van der Waals surface area contributed by atoms with Crippen LogP contribution in [0.15, 0.2) is 15.9 Å². The van der Waals surface area contributed by atoms with Crippen LogP contribution in [0.1, 0.15) is 11.8 Å². The van der Waals surface area contributed by atoms with Crippen molar-refractivity contribution in [2.24, 2.45) is 5.84 Å². The highest BCUT2D eigenvalue weighted by Crippen LogP contribution is 2.23. The number of nitrogens with one attached hydrogen (secondary N) is 1. The smallest absolute Gasteiger partial charge is 0.0701 e. The molecule has 14 heavy (non-hydrogen) atoms. The molecule has 0 bridgehead atoms. The molecule has 0 saturated carbocycles. The average molecular weight is 295 g/mol. The summed E-state index contributed by atoms with van der Waals surface area (Å²) >= 11 is 7.15. The normalized spacial score (nSPS) is 13.1. The van der Waals surface area contributed by atoms with E-state index < -0.39 is 0 Å². The molecule has 1 unspecified atom stereocenters. The second-order valence-corrected chi connectivity index (χ2v) is 6.80. The Bertz CT molecular complexity index is 265. The third kappa shape index (κ3) is 4.31. The van der Waals surface area contributed by atoms with E-state index in [1.807, 2.05) is 11.8 Å². The Morgan fingerprint density at radius 1 is 1.64 bits per heavy atom. The molecule has 0 aromatic carbocycles. The molecule has 0 aliphatic carbocycles. The third-order valence-electron chi connectivity index (χ3n) is 1.84. The highest BCUT2D eigenvalue weighted by molar-refractivity contribution is 9.11. The van der Waals surface area contributed by atoms with Crippen LogP contribution in [0.3, 0.4) is 0 Å². The summed E-state index contributed by atoms with van der Waals surface area (Å²) < 4.78 is 1.19. The van der Waals surface area contributed by atoms with Crippen molar-refractivity contribution in [2.75, 3.05) is 11.5 Å². The Kier molecular flexibility index (Phi) is 6.12. The van der Waals surface area contributed by atoms with Crippen LogP contribution in [0.5, 0.6) is 0 Å². The van der Waals surface area contributed by atoms with E-state index in [2.05, 4.69) is 40.4 Å². The number of thiophene rings is 1. The lowest BCUT2D eigenvalue weighted by Gasteiger charge is -2.13. The molecule has 0 radical (unpaired) electrons. The van der Waals surface area contributed by atoms with E-state index >= 15 is 0 Å². The summed E-state index contributed by atoms with van der Waals surface area (Å²) in [5.74, 6) is 7.71. The number of rotatable bonds is 6. The maximum absolute atomic E-state index is 5.50. The Balaban J connectivity index is 2.40. The molecule has 1 rings (SSSR count). The molecule has 0 aliphatic heterocycles. The Hall–Kier alpha value is 0.450. The monoisotopic (exact) mass is 294 g/mol. The minimum atomic E-state index is 0.380. The van der Waals surface area contributed by atoms with Crippen LogP contribution in [0.4, 0.5) is 0 Å². The summed E-state index contributed by atoms with van der Waals surface area (Å²) in [4.78, 5) is 1.37. The molecule has 0 spiro atoms. The minimum absolute atomic E-state index is 0.380. The lowest BCUT2D eigenvalue weighted by atomic mass is 10.2. The summed E-state index contributed by atoms with van der Waals surface area (Å²) in [5, 5.41) is 0. The summed E-state index contributed by atoms with van der Waals surface area (Å²) in [6, 6.07) is 4.61. The van der Waals surface area contributed by atoms with Crippen LogP contribution in [0, 0.1) is 0 Å². The van der Waals surface area contributed by atoms with Gasteiger partial charge in [-0.15, -0.1) is 11.3 Å². The lowest BCUT2D eigenvalue weighted by Crippen LogP contribution is -2.38. The molecule has 1 aromatic heterocycles. The Morgan fingerprint density at radius 2 is 2.43 bits per heavy atom. The molecule has 5 heteroatoms. The second-order valence-electron chi connectivity index (χ2n) is 2.93. The van der Waals surface area contributed by atoms with Crippen molar-refractivity contribution in [3.63, 3.8) is 0 Å². The Morgan fingerprint density at radius 3 is 2.93 bits per heavy atom. The van der Waals surface area contributed by atoms with Gasteiger partial charge in [0.1, 0.15) is 0 Å². The molecule has 0 fully saturated rings. The molecule has 1 atom stereocenters. The van der Waals surface area contributed by atoms with Gasteiger partial charge in [-0.25, -0.2) is 0 Å². The van der Waals surface area contributed by atoms with Crippen LogP contribution in [-0.2, 0) is 6.42 Å². The fraction of sp³-hybridized carbons (Fsp3) is 0.556. The highest BCUT2D eigenvalue weighted by atomic mass is 79.9.